The molecule has 1 saturated heterocycles. The lowest BCUT2D eigenvalue weighted by Gasteiger charge is -2.34. The highest BCUT2D eigenvalue weighted by Crippen LogP contribution is 2.17. The van der Waals surface area contributed by atoms with Crippen molar-refractivity contribution in [3.05, 3.63) is 17.5 Å². The lowest BCUT2D eigenvalue weighted by molar-refractivity contribution is -0.134. The number of carbonyl (C=O) groups is 1. The molecule has 0 unspecified atom stereocenters. The molecule has 2 heterocycles. The molecule has 2 rings (SSSR count). The van der Waals surface area contributed by atoms with E-state index < -0.39 is 0 Å². The van der Waals surface area contributed by atoms with Gasteiger partial charge in [-0.05, 0) is 26.2 Å². The lowest BCUT2D eigenvalue weighted by atomic mass is 10.0. The largest absolute Gasteiger partial charge is 0.361 e. The van der Waals surface area contributed by atoms with Crippen molar-refractivity contribution < 1.29 is 9.32 Å². The van der Waals surface area contributed by atoms with E-state index in [4.69, 9.17) is 10.3 Å². The molecular weight excluding hydrogens is 218 g/mol. The van der Waals surface area contributed by atoms with Crippen LogP contribution in [0.25, 0.3) is 0 Å². The van der Waals surface area contributed by atoms with E-state index in [1.165, 1.54) is 0 Å². The van der Waals surface area contributed by atoms with Gasteiger partial charge in [0, 0.05) is 25.2 Å². The molecule has 0 aliphatic carbocycles. The average Bonchev–Trinajstić information content (AvgIpc) is 2.74. The molecule has 1 aliphatic heterocycles. The molecule has 0 radical (unpaired) electrons. The van der Waals surface area contributed by atoms with Gasteiger partial charge in [0.1, 0.15) is 5.76 Å². The van der Waals surface area contributed by atoms with Gasteiger partial charge in [-0.1, -0.05) is 5.16 Å². The number of rotatable bonds is 3. The fourth-order valence-electron chi connectivity index (χ4n) is 2.33. The van der Waals surface area contributed by atoms with Crippen LogP contribution >= 0.6 is 0 Å². The molecule has 0 saturated carbocycles. The second-order valence-corrected chi connectivity index (χ2v) is 4.58. The van der Waals surface area contributed by atoms with Crippen molar-refractivity contribution in [3.8, 4) is 0 Å². The summed E-state index contributed by atoms with van der Waals surface area (Å²) in [7, 11) is 0. The molecule has 1 fully saturated rings. The van der Waals surface area contributed by atoms with Gasteiger partial charge < -0.3 is 15.2 Å². The zero-order chi connectivity index (χ0) is 12.3. The highest BCUT2D eigenvalue weighted by Gasteiger charge is 2.25. The Morgan fingerprint density at radius 3 is 3.12 bits per heavy atom. The van der Waals surface area contributed by atoms with Crippen molar-refractivity contribution in [2.45, 2.75) is 38.6 Å². The SMILES string of the molecule is Cc1cc(CC(=O)N2CCCC[C@@H]2CN)no1. The van der Waals surface area contributed by atoms with Gasteiger partial charge in [-0.2, -0.15) is 0 Å². The molecule has 1 aliphatic rings. The van der Waals surface area contributed by atoms with Crippen molar-refractivity contribution in [2.24, 2.45) is 5.73 Å². The molecule has 17 heavy (non-hydrogen) atoms. The second-order valence-electron chi connectivity index (χ2n) is 4.58. The Bertz CT molecular complexity index is 389. The molecule has 1 aromatic rings. The Morgan fingerprint density at radius 2 is 2.47 bits per heavy atom. The van der Waals surface area contributed by atoms with Crippen LogP contribution in [0, 0.1) is 6.92 Å². The number of aryl methyl sites for hydroxylation is 1. The van der Waals surface area contributed by atoms with E-state index in [1.807, 2.05) is 11.8 Å². The number of piperidine rings is 1. The quantitative estimate of drug-likeness (QED) is 0.846. The van der Waals surface area contributed by atoms with Gasteiger partial charge in [-0.3, -0.25) is 4.79 Å². The van der Waals surface area contributed by atoms with Crippen molar-refractivity contribution in [1.29, 1.82) is 0 Å². The fourth-order valence-corrected chi connectivity index (χ4v) is 2.33. The number of likely N-dealkylation sites (tertiary alicyclic amines) is 1. The summed E-state index contributed by atoms with van der Waals surface area (Å²) in [6.07, 6.45) is 3.56. The van der Waals surface area contributed by atoms with Crippen LogP contribution in [-0.4, -0.2) is 35.1 Å². The Hall–Kier alpha value is -1.36. The Balaban J connectivity index is 1.98. The van der Waals surface area contributed by atoms with Crippen molar-refractivity contribution in [3.63, 3.8) is 0 Å². The Labute approximate surface area is 101 Å². The normalized spacial score (nSPS) is 20.6. The summed E-state index contributed by atoms with van der Waals surface area (Å²) in [4.78, 5) is 14.0. The summed E-state index contributed by atoms with van der Waals surface area (Å²) < 4.78 is 4.96. The lowest BCUT2D eigenvalue weighted by Crippen LogP contribution is -2.48. The molecule has 2 N–H and O–H groups in total. The maximum atomic E-state index is 12.1. The molecule has 1 atom stereocenters. The predicted molar refractivity (Wildman–Crippen MR) is 63.4 cm³/mol. The van der Waals surface area contributed by atoms with E-state index in [0.29, 0.717) is 18.7 Å². The molecule has 1 aromatic heterocycles. The third-order valence-corrected chi connectivity index (χ3v) is 3.23. The maximum Gasteiger partial charge on any atom is 0.229 e. The zero-order valence-corrected chi connectivity index (χ0v) is 10.2. The number of hydrogen-bond donors (Lipinski definition) is 1. The smallest absolute Gasteiger partial charge is 0.229 e. The van der Waals surface area contributed by atoms with E-state index in [1.54, 1.807) is 6.07 Å². The number of nitrogens with two attached hydrogens (primary N) is 1. The molecule has 0 aromatic carbocycles. The first-order valence-electron chi connectivity index (χ1n) is 6.12. The van der Waals surface area contributed by atoms with Crippen molar-refractivity contribution in [2.75, 3.05) is 13.1 Å². The van der Waals surface area contributed by atoms with E-state index in [2.05, 4.69) is 5.16 Å². The highest BCUT2D eigenvalue weighted by atomic mass is 16.5. The predicted octanol–water partition coefficient (Wildman–Crippen LogP) is 0.865. The van der Waals surface area contributed by atoms with Gasteiger partial charge in [0.2, 0.25) is 5.91 Å². The number of amides is 1. The maximum absolute atomic E-state index is 12.1. The first kappa shape index (κ1) is 12.1. The van der Waals surface area contributed by atoms with Crippen molar-refractivity contribution in [1.82, 2.24) is 10.1 Å². The minimum atomic E-state index is 0.105. The minimum Gasteiger partial charge on any atom is -0.361 e. The van der Waals surface area contributed by atoms with Crippen LogP contribution in [0.1, 0.15) is 30.7 Å². The van der Waals surface area contributed by atoms with Crippen molar-refractivity contribution >= 4 is 5.91 Å². The average molecular weight is 237 g/mol. The number of carbonyl (C=O) groups excluding carboxylic acids is 1. The third-order valence-electron chi connectivity index (χ3n) is 3.23. The first-order valence-corrected chi connectivity index (χ1v) is 6.12. The van der Waals surface area contributed by atoms with E-state index >= 15 is 0 Å². The molecule has 0 bridgehead atoms. The molecular formula is C12H19N3O2. The Morgan fingerprint density at radius 1 is 1.65 bits per heavy atom. The summed E-state index contributed by atoms with van der Waals surface area (Å²) in [6, 6.07) is 2.00. The highest BCUT2D eigenvalue weighted by molar-refractivity contribution is 5.78. The topological polar surface area (TPSA) is 72.4 Å². The van der Waals surface area contributed by atoms with Crippen LogP contribution < -0.4 is 5.73 Å². The van der Waals surface area contributed by atoms with Crippen LogP contribution in [0.2, 0.25) is 0 Å². The van der Waals surface area contributed by atoms with Gasteiger partial charge in [-0.25, -0.2) is 0 Å². The summed E-state index contributed by atoms with van der Waals surface area (Å²) >= 11 is 0. The minimum absolute atomic E-state index is 0.105. The third kappa shape index (κ3) is 2.85. The molecule has 1 amide bonds. The summed E-state index contributed by atoms with van der Waals surface area (Å²) in [5.74, 6) is 0.843. The van der Waals surface area contributed by atoms with E-state index in [0.717, 1.165) is 31.6 Å². The van der Waals surface area contributed by atoms with Crippen LogP contribution in [0.3, 0.4) is 0 Å². The molecule has 5 nitrogen and oxygen atoms in total. The van der Waals surface area contributed by atoms with E-state index in [-0.39, 0.29) is 11.9 Å². The van der Waals surface area contributed by atoms with Crippen LogP contribution in [0.15, 0.2) is 10.6 Å². The molecule has 5 heteroatoms. The molecule has 0 spiro atoms. The fraction of sp³-hybridized carbons (Fsp3) is 0.667. The van der Waals surface area contributed by atoms with Gasteiger partial charge in [0.05, 0.1) is 12.1 Å². The number of nitrogens with zero attached hydrogens (tertiary/aromatic N) is 2. The summed E-state index contributed by atoms with van der Waals surface area (Å²) in [5.41, 5.74) is 6.40. The summed E-state index contributed by atoms with van der Waals surface area (Å²) in [6.45, 7) is 3.19. The van der Waals surface area contributed by atoms with Crippen LogP contribution in [0.5, 0.6) is 0 Å². The summed E-state index contributed by atoms with van der Waals surface area (Å²) in [5, 5.41) is 3.85. The molecule has 94 valence electrons. The van der Waals surface area contributed by atoms with Crippen LogP contribution in [0.4, 0.5) is 0 Å². The second kappa shape index (κ2) is 5.31. The zero-order valence-electron chi connectivity index (χ0n) is 10.2. The first-order chi connectivity index (χ1) is 8.20. The van der Waals surface area contributed by atoms with Gasteiger partial charge in [-0.15, -0.1) is 0 Å². The van der Waals surface area contributed by atoms with Crippen LogP contribution in [-0.2, 0) is 11.2 Å². The number of aromatic nitrogens is 1. The Kier molecular flexibility index (Phi) is 3.78. The van der Waals surface area contributed by atoms with Gasteiger partial charge in [0.25, 0.3) is 0 Å². The number of hydrogen-bond acceptors (Lipinski definition) is 4. The van der Waals surface area contributed by atoms with E-state index in [9.17, 15) is 4.79 Å². The standard InChI is InChI=1S/C12H19N3O2/c1-9-6-10(14-17-9)7-12(16)15-5-3-2-4-11(15)8-13/h6,11H,2-5,7-8,13H2,1H3/t11-/m1/s1. The monoisotopic (exact) mass is 237 g/mol. The van der Waals surface area contributed by atoms with Gasteiger partial charge >= 0.3 is 0 Å². The van der Waals surface area contributed by atoms with Gasteiger partial charge in [0.15, 0.2) is 0 Å².